The molecule has 4 rings (SSSR count). The van der Waals surface area contributed by atoms with Crippen LogP contribution in [0.25, 0.3) is 11.4 Å². The molecule has 0 bridgehead atoms. The molecule has 1 saturated carbocycles. The maximum Gasteiger partial charge on any atom is 0.306 e. The number of nitrogens with zero attached hydrogens (tertiary/aromatic N) is 4. The van der Waals surface area contributed by atoms with Crippen molar-refractivity contribution < 1.29 is 14.7 Å². The van der Waals surface area contributed by atoms with Gasteiger partial charge < -0.3 is 10.0 Å². The number of carboxylic acids is 1. The highest BCUT2D eigenvalue weighted by atomic mass is 16.4. The van der Waals surface area contributed by atoms with Crippen LogP contribution in [0.15, 0.2) is 18.5 Å². The molecule has 2 aromatic heterocycles. The Kier molecular flexibility index (Phi) is 3.55. The number of amides is 1. The van der Waals surface area contributed by atoms with Gasteiger partial charge in [-0.05, 0) is 44.7 Å². The number of aliphatic carboxylic acids is 1. The van der Waals surface area contributed by atoms with Gasteiger partial charge in [0.2, 0.25) is 0 Å². The summed E-state index contributed by atoms with van der Waals surface area (Å²) in [6.07, 6.45) is 4.24. The second-order valence-corrected chi connectivity index (χ2v) is 6.92. The smallest absolute Gasteiger partial charge is 0.306 e. The molecule has 1 unspecified atom stereocenters. The molecule has 25 heavy (non-hydrogen) atoms. The van der Waals surface area contributed by atoms with Crippen LogP contribution in [-0.2, 0) is 4.79 Å². The molecule has 2 aromatic rings. The van der Waals surface area contributed by atoms with Crippen molar-refractivity contribution in [1.29, 1.82) is 0 Å². The van der Waals surface area contributed by atoms with Crippen molar-refractivity contribution in [1.82, 2.24) is 25.1 Å². The molecule has 2 N–H and O–H groups in total. The first-order chi connectivity index (χ1) is 12.0. The van der Waals surface area contributed by atoms with E-state index in [-0.39, 0.29) is 17.4 Å². The van der Waals surface area contributed by atoms with Gasteiger partial charge in [-0.3, -0.25) is 14.7 Å². The first kappa shape index (κ1) is 15.7. The molecule has 0 aromatic carbocycles. The summed E-state index contributed by atoms with van der Waals surface area (Å²) in [5.41, 5.74) is 2.23. The van der Waals surface area contributed by atoms with Gasteiger partial charge in [0.15, 0.2) is 5.69 Å². The van der Waals surface area contributed by atoms with E-state index in [2.05, 4.69) is 20.2 Å². The van der Waals surface area contributed by atoms with Crippen molar-refractivity contribution >= 4 is 11.9 Å². The average molecular weight is 341 g/mol. The lowest BCUT2D eigenvalue weighted by molar-refractivity contribution is -0.144. The molecule has 1 atom stereocenters. The van der Waals surface area contributed by atoms with Crippen LogP contribution in [0, 0.1) is 12.8 Å². The quantitative estimate of drug-likeness (QED) is 0.878. The third-order valence-electron chi connectivity index (χ3n) is 5.20. The predicted octanol–water partition coefficient (Wildman–Crippen LogP) is 1.64. The molecule has 1 aliphatic heterocycles. The molecule has 1 aliphatic carbocycles. The number of likely N-dealkylation sites (tertiary alicyclic amines) is 1. The van der Waals surface area contributed by atoms with E-state index in [1.165, 1.54) is 6.33 Å². The highest BCUT2D eigenvalue weighted by molar-refractivity contribution is 5.94. The summed E-state index contributed by atoms with van der Waals surface area (Å²) >= 11 is 0. The topological polar surface area (TPSA) is 112 Å². The molecule has 0 radical (unpaired) electrons. The van der Waals surface area contributed by atoms with Gasteiger partial charge in [0, 0.05) is 17.8 Å². The third-order valence-corrected chi connectivity index (χ3v) is 5.20. The number of nitrogens with one attached hydrogen (secondary N) is 1. The summed E-state index contributed by atoms with van der Waals surface area (Å²) in [6, 6.07) is 3.52. The highest BCUT2D eigenvalue weighted by Gasteiger charge is 2.54. The molecule has 8 nitrogen and oxygen atoms in total. The van der Waals surface area contributed by atoms with Gasteiger partial charge >= 0.3 is 5.97 Å². The van der Waals surface area contributed by atoms with Crippen LogP contribution in [0.4, 0.5) is 0 Å². The second kappa shape index (κ2) is 5.65. The monoisotopic (exact) mass is 341 g/mol. The van der Waals surface area contributed by atoms with E-state index >= 15 is 0 Å². The number of aromatic nitrogens is 4. The molecule has 130 valence electrons. The van der Waals surface area contributed by atoms with Crippen molar-refractivity contribution in [3.63, 3.8) is 0 Å². The minimum Gasteiger partial charge on any atom is -0.481 e. The molecule has 2 fully saturated rings. The number of carbonyl (C=O) groups excluding carboxylic acids is 1. The molecule has 1 saturated heterocycles. The molecule has 1 amide bonds. The lowest BCUT2D eigenvalue weighted by atomic mass is 9.89. The lowest BCUT2D eigenvalue weighted by Gasteiger charge is -2.38. The van der Waals surface area contributed by atoms with Gasteiger partial charge in [-0.1, -0.05) is 0 Å². The Hall–Kier alpha value is -2.77. The van der Waals surface area contributed by atoms with Crippen LogP contribution in [0.3, 0.4) is 0 Å². The molecule has 8 heteroatoms. The normalized spacial score (nSPS) is 21.3. The Labute approximate surface area is 144 Å². The summed E-state index contributed by atoms with van der Waals surface area (Å²) < 4.78 is 0. The van der Waals surface area contributed by atoms with Gasteiger partial charge in [-0.2, -0.15) is 5.10 Å². The predicted molar refractivity (Wildman–Crippen MR) is 87.7 cm³/mol. The zero-order chi connectivity index (χ0) is 17.6. The van der Waals surface area contributed by atoms with Crippen LogP contribution >= 0.6 is 0 Å². The number of carbonyl (C=O) groups is 2. The highest BCUT2D eigenvalue weighted by Crippen LogP contribution is 2.50. The molecule has 1 spiro atoms. The van der Waals surface area contributed by atoms with E-state index < -0.39 is 5.97 Å². The van der Waals surface area contributed by atoms with Crippen molar-refractivity contribution in [2.24, 2.45) is 5.92 Å². The van der Waals surface area contributed by atoms with E-state index in [4.69, 9.17) is 0 Å². The number of hydrogen-bond donors (Lipinski definition) is 2. The zero-order valence-corrected chi connectivity index (χ0v) is 13.9. The maximum atomic E-state index is 12.9. The summed E-state index contributed by atoms with van der Waals surface area (Å²) in [4.78, 5) is 34.2. The van der Waals surface area contributed by atoms with Crippen LogP contribution in [0.1, 0.15) is 41.9 Å². The van der Waals surface area contributed by atoms with Gasteiger partial charge in [0.1, 0.15) is 6.33 Å². The number of aryl methyl sites for hydroxylation is 1. The van der Waals surface area contributed by atoms with E-state index in [0.29, 0.717) is 36.5 Å². The van der Waals surface area contributed by atoms with Crippen molar-refractivity contribution in [3.05, 3.63) is 29.8 Å². The van der Waals surface area contributed by atoms with E-state index in [1.807, 2.05) is 17.9 Å². The zero-order valence-electron chi connectivity index (χ0n) is 13.9. The van der Waals surface area contributed by atoms with Crippen LogP contribution < -0.4 is 0 Å². The van der Waals surface area contributed by atoms with E-state index in [9.17, 15) is 14.7 Å². The lowest BCUT2D eigenvalue weighted by Crippen LogP contribution is -2.49. The van der Waals surface area contributed by atoms with Crippen molar-refractivity contribution in [2.75, 3.05) is 6.54 Å². The Morgan fingerprint density at radius 2 is 2.12 bits per heavy atom. The second-order valence-electron chi connectivity index (χ2n) is 6.92. The minimum atomic E-state index is -0.764. The number of carboxylic acid groups (broad SMARTS) is 1. The first-order valence-electron chi connectivity index (χ1n) is 8.38. The number of aromatic amines is 1. The number of piperidine rings is 1. The minimum absolute atomic E-state index is 0.144. The van der Waals surface area contributed by atoms with E-state index in [1.54, 1.807) is 6.07 Å². The third kappa shape index (κ3) is 2.77. The molecule has 2 aliphatic rings. The van der Waals surface area contributed by atoms with Gasteiger partial charge in [-0.25, -0.2) is 9.97 Å². The molecular weight excluding hydrogens is 322 g/mol. The van der Waals surface area contributed by atoms with Crippen molar-refractivity contribution in [2.45, 2.75) is 38.1 Å². The number of rotatable bonds is 3. The summed E-state index contributed by atoms with van der Waals surface area (Å²) in [5.74, 6) is -1.26. The van der Waals surface area contributed by atoms with Gasteiger partial charge in [0.25, 0.3) is 5.91 Å². The Morgan fingerprint density at radius 3 is 2.80 bits per heavy atom. The fourth-order valence-corrected chi connectivity index (χ4v) is 3.64. The molecular formula is C17H19N5O3. The Morgan fingerprint density at radius 1 is 1.32 bits per heavy atom. The summed E-state index contributed by atoms with van der Waals surface area (Å²) in [7, 11) is 0. The van der Waals surface area contributed by atoms with Crippen molar-refractivity contribution in [3.8, 4) is 11.4 Å². The van der Waals surface area contributed by atoms with E-state index in [0.717, 1.165) is 18.5 Å². The first-order valence-corrected chi connectivity index (χ1v) is 8.38. The van der Waals surface area contributed by atoms with Crippen LogP contribution in [-0.4, -0.2) is 54.1 Å². The largest absolute Gasteiger partial charge is 0.481 e. The maximum absolute atomic E-state index is 12.9. The van der Waals surface area contributed by atoms with Gasteiger partial charge in [0.05, 0.1) is 17.3 Å². The number of hydrogen-bond acceptors (Lipinski definition) is 5. The van der Waals surface area contributed by atoms with Crippen LogP contribution in [0.5, 0.6) is 0 Å². The Balaban J connectivity index is 1.55. The fourth-order valence-electron chi connectivity index (χ4n) is 3.64. The average Bonchev–Trinajstić information content (AvgIpc) is 3.17. The van der Waals surface area contributed by atoms with Crippen LogP contribution in [0.2, 0.25) is 0 Å². The fraction of sp³-hybridized carbons (Fsp3) is 0.471. The summed E-state index contributed by atoms with van der Waals surface area (Å²) in [5, 5.41) is 16.3. The Bertz CT molecular complexity index is 842. The molecule has 3 heterocycles. The summed E-state index contributed by atoms with van der Waals surface area (Å²) in [6.45, 7) is 2.33. The number of H-pyrrole nitrogens is 1. The standard InChI is InChI=1S/C17H19N5O3/c1-10-6-12(19-9-18-10)13-7-14(21-20-13)15(23)22-5-2-11(16(24)25)8-17(22)3-4-17/h6-7,9,11H,2-5,8H2,1H3,(H,20,21)(H,24,25). The SMILES string of the molecule is Cc1cc(-c2cc(C(=O)N3CCC(C(=O)O)CC34CC4)n[nH]2)ncn1. The van der Waals surface area contributed by atoms with Gasteiger partial charge in [-0.15, -0.1) is 0 Å².